The van der Waals surface area contributed by atoms with Crippen molar-refractivity contribution in [2.75, 3.05) is 4.90 Å². The van der Waals surface area contributed by atoms with Crippen LogP contribution in [-0.4, -0.2) is 12.3 Å². The monoisotopic (exact) mass is 521 g/mol. The second-order valence-corrected chi connectivity index (χ2v) is 11.3. The van der Waals surface area contributed by atoms with Gasteiger partial charge in [-0.2, -0.15) is 0 Å². The van der Waals surface area contributed by atoms with Gasteiger partial charge in [-0.15, -0.1) is 11.8 Å². The number of nitrogens with zero attached hydrogens (tertiary/aromatic N) is 1. The van der Waals surface area contributed by atoms with Crippen LogP contribution in [-0.2, 0) is 12.3 Å². The lowest BCUT2D eigenvalue weighted by molar-refractivity contribution is 0.112. The van der Waals surface area contributed by atoms with Crippen molar-refractivity contribution >= 4 is 23.7 Å². The fourth-order valence-electron chi connectivity index (χ4n) is 4.95. The van der Waals surface area contributed by atoms with Gasteiger partial charge in [0, 0.05) is 34.5 Å². The lowest BCUT2D eigenvalue weighted by Gasteiger charge is -2.30. The Morgan fingerprint density at radius 3 is 2.13 bits per heavy atom. The molecule has 0 saturated carbocycles. The van der Waals surface area contributed by atoms with Crippen LogP contribution >= 0.6 is 11.8 Å². The molecule has 0 atom stereocenters. The van der Waals surface area contributed by atoms with Crippen LogP contribution in [0.15, 0.2) is 102 Å². The Balaban J connectivity index is 1.44. The minimum absolute atomic E-state index is 0.404. The average molecular weight is 522 g/mol. The largest absolute Gasteiger partial charge is 0.365 e. The zero-order valence-electron chi connectivity index (χ0n) is 23.1. The van der Waals surface area contributed by atoms with Crippen molar-refractivity contribution in [1.82, 2.24) is 0 Å². The molecule has 0 spiro atoms. The van der Waals surface area contributed by atoms with Gasteiger partial charge in [-0.3, -0.25) is 4.79 Å². The van der Waals surface area contributed by atoms with Gasteiger partial charge in [0.2, 0.25) is 0 Å². The molecule has 0 heterocycles. The van der Waals surface area contributed by atoms with E-state index in [1.165, 1.54) is 46.3 Å². The van der Waals surface area contributed by atoms with Crippen molar-refractivity contribution in [3.63, 3.8) is 0 Å². The van der Waals surface area contributed by atoms with Crippen LogP contribution in [0.3, 0.4) is 0 Å². The second kappa shape index (κ2) is 13.5. The van der Waals surface area contributed by atoms with E-state index in [0.29, 0.717) is 12.0 Å². The standard InChI is InChI=1S/C35H39NOS/c1-5-30(6-2)31-17-19-34(20-18-31)36(26(3)4)23-28-9-7-11-33(21-28)32-15-13-27(14-16-32)25-38-35-12-8-10-29(22-35)24-37/h7-22,24,26,30H,5-6,23,25H2,1-4H3. The molecule has 3 heteroatoms. The number of thioether (sulfide) groups is 1. The van der Waals surface area contributed by atoms with Crippen LogP contribution < -0.4 is 4.90 Å². The first-order valence-corrected chi connectivity index (χ1v) is 14.7. The highest BCUT2D eigenvalue weighted by atomic mass is 32.2. The Morgan fingerprint density at radius 1 is 0.763 bits per heavy atom. The van der Waals surface area contributed by atoms with Crippen LogP contribution in [0.5, 0.6) is 0 Å². The quantitative estimate of drug-likeness (QED) is 0.137. The summed E-state index contributed by atoms with van der Waals surface area (Å²) in [7, 11) is 0. The highest BCUT2D eigenvalue weighted by Crippen LogP contribution is 2.29. The summed E-state index contributed by atoms with van der Waals surface area (Å²) in [6.45, 7) is 9.97. The maximum absolute atomic E-state index is 11.0. The first-order valence-electron chi connectivity index (χ1n) is 13.7. The summed E-state index contributed by atoms with van der Waals surface area (Å²) < 4.78 is 0. The highest BCUT2D eigenvalue weighted by molar-refractivity contribution is 7.98. The van der Waals surface area contributed by atoms with E-state index >= 15 is 0 Å². The number of rotatable bonds is 12. The molecule has 0 N–H and O–H groups in total. The van der Waals surface area contributed by atoms with Crippen LogP contribution in [0.25, 0.3) is 11.1 Å². The van der Waals surface area contributed by atoms with Gasteiger partial charge in [-0.1, -0.05) is 80.6 Å². The molecule has 0 aliphatic carbocycles. The molecule has 4 aromatic rings. The number of benzene rings is 4. The molecule has 0 unspecified atom stereocenters. The van der Waals surface area contributed by atoms with Gasteiger partial charge < -0.3 is 4.90 Å². The molecule has 38 heavy (non-hydrogen) atoms. The Hall–Kier alpha value is -3.30. The Labute approximate surface area is 233 Å². The van der Waals surface area contributed by atoms with E-state index in [-0.39, 0.29) is 0 Å². The molecule has 0 bridgehead atoms. The van der Waals surface area contributed by atoms with Crippen molar-refractivity contribution in [3.8, 4) is 11.1 Å². The van der Waals surface area contributed by atoms with E-state index in [9.17, 15) is 4.79 Å². The fourth-order valence-corrected chi connectivity index (χ4v) is 5.87. The van der Waals surface area contributed by atoms with E-state index in [1.54, 1.807) is 11.8 Å². The molecule has 0 aliphatic rings. The third-order valence-electron chi connectivity index (χ3n) is 7.27. The highest BCUT2D eigenvalue weighted by Gasteiger charge is 2.14. The lowest BCUT2D eigenvalue weighted by atomic mass is 9.94. The zero-order chi connectivity index (χ0) is 26.9. The number of carbonyl (C=O) groups excluding carboxylic acids is 1. The van der Waals surface area contributed by atoms with E-state index < -0.39 is 0 Å². The van der Waals surface area contributed by atoms with Crippen molar-refractivity contribution in [2.24, 2.45) is 0 Å². The number of carbonyl (C=O) groups is 1. The Morgan fingerprint density at radius 2 is 1.47 bits per heavy atom. The maximum Gasteiger partial charge on any atom is 0.150 e. The number of anilines is 1. The van der Waals surface area contributed by atoms with E-state index in [1.807, 2.05) is 18.2 Å². The summed E-state index contributed by atoms with van der Waals surface area (Å²) in [6.07, 6.45) is 3.27. The van der Waals surface area contributed by atoms with Crippen molar-refractivity contribution < 1.29 is 4.79 Å². The molecular weight excluding hydrogens is 482 g/mol. The zero-order valence-corrected chi connectivity index (χ0v) is 23.9. The van der Waals surface area contributed by atoms with Crippen molar-refractivity contribution in [2.45, 2.75) is 69.7 Å². The fraction of sp³-hybridized carbons (Fsp3) is 0.286. The first kappa shape index (κ1) is 27.7. The number of hydrogen-bond acceptors (Lipinski definition) is 3. The topological polar surface area (TPSA) is 20.3 Å². The summed E-state index contributed by atoms with van der Waals surface area (Å²) in [5.41, 5.74) is 8.51. The minimum Gasteiger partial charge on any atom is -0.365 e. The normalized spacial score (nSPS) is 11.2. The van der Waals surface area contributed by atoms with Crippen LogP contribution in [0.1, 0.15) is 73.5 Å². The van der Waals surface area contributed by atoms with Gasteiger partial charge in [0.1, 0.15) is 6.29 Å². The van der Waals surface area contributed by atoms with Gasteiger partial charge >= 0.3 is 0 Å². The van der Waals surface area contributed by atoms with Gasteiger partial charge in [0.25, 0.3) is 0 Å². The summed E-state index contributed by atoms with van der Waals surface area (Å²) in [4.78, 5) is 14.6. The van der Waals surface area contributed by atoms with Gasteiger partial charge in [-0.05, 0) is 90.8 Å². The predicted molar refractivity (Wildman–Crippen MR) is 164 cm³/mol. The van der Waals surface area contributed by atoms with Crippen molar-refractivity contribution in [3.05, 3.63) is 119 Å². The second-order valence-electron chi connectivity index (χ2n) is 10.2. The molecule has 4 aromatic carbocycles. The minimum atomic E-state index is 0.404. The SMILES string of the molecule is CCC(CC)c1ccc(N(Cc2cccc(-c3ccc(CSc4cccc(C=O)c4)cc3)c2)C(C)C)cc1. The molecule has 196 valence electrons. The molecule has 0 fully saturated rings. The molecule has 0 radical (unpaired) electrons. The molecule has 2 nitrogen and oxygen atoms in total. The Bertz CT molecular complexity index is 1310. The molecular formula is C35H39NOS. The number of aldehydes is 1. The van der Waals surface area contributed by atoms with Crippen LogP contribution in [0.4, 0.5) is 5.69 Å². The summed E-state index contributed by atoms with van der Waals surface area (Å²) >= 11 is 1.75. The lowest BCUT2D eigenvalue weighted by Crippen LogP contribution is -2.30. The third-order valence-corrected chi connectivity index (χ3v) is 8.34. The molecule has 0 aromatic heterocycles. The smallest absolute Gasteiger partial charge is 0.150 e. The van der Waals surface area contributed by atoms with Gasteiger partial charge in [-0.25, -0.2) is 0 Å². The van der Waals surface area contributed by atoms with E-state index in [2.05, 4.69) is 111 Å². The average Bonchev–Trinajstić information content (AvgIpc) is 2.96. The van der Waals surface area contributed by atoms with Gasteiger partial charge in [0.05, 0.1) is 0 Å². The van der Waals surface area contributed by atoms with E-state index in [0.717, 1.165) is 29.0 Å². The first-order chi connectivity index (χ1) is 18.5. The summed E-state index contributed by atoms with van der Waals surface area (Å²) in [5.74, 6) is 1.52. The number of hydrogen-bond donors (Lipinski definition) is 0. The maximum atomic E-state index is 11.0. The van der Waals surface area contributed by atoms with E-state index in [4.69, 9.17) is 0 Å². The molecule has 0 amide bonds. The van der Waals surface area contributed by atoms with Crippen LogP contribution in [0, 0.1) is 0 Å². The van der Waals surface area contributed by atoms with Crippen molar-refractivity contribution in [1.29, 1.82) is 0 Å². The Kier molecular flexibility index (Phi) is 9.84. The van der Waals surface area contributed by atoms with Crippen LogP contribution in [0.2, 0.25) is 0 Å². The summed E-state index contributed by atoms with van der Waals surface area (Å²) in [6, 6.07) is 35.2. The summed E-state index contributed by atoms with van der Waals surface area (Å²) in [5, 5.41) is 0. The molecule has 0 aliphatic heterocycles. The predicted octanol–water partition coefficient (Wildman–Crippen LogP) is 9.78. The molecule has 0 saturated heterocycles. The third kappa shape index (κ3) is 7.17. The van der Waals surface area contributed by atoms with Gasteiger partial charge in [0.15, 0.2) is 0 Å². The molecule has 4 rings (SSSR count).